The number of alkyl carbamates (subject to hydrolysis) is 1. The van der Waals surface area contributed by atoms with Gasteiger partial charge in [0.25, 0.3) is 17.6 Å². The number of fused-ring (bicyclic) bond motifs is 6. The van der Waals surface area contributed by atoms with Crippen LogP contribution in [0.2, 0.25) is 0 Å². The Morgan fingerprint density at radius 2 is 1.47 bits per heavy atom. The molecule has 13 N–H and O–H groups in total. The Hall–Kier alpha value is -11.5. The number of Topliss-reactive ketones (excluding diaryl/α,β-unsaturated/α-hetero) is 3. The molecule has 1 aliphatic carbocycles. The van der Waals surface area contributed by atoms with Crippen molar-refractivity contribution in [1.82, 2.24) is 70.1 Å². The van der Waals surface area contributed by atoms with E-state index < -0.39 is 120 Å². The second-order valence-corrected chi connectivity index (χ2v) is 36.4. The number of nitrogens with two attached hydrogens (primary N) is 3. The number of ether oxygens (including phenoxy) is 9. The molecule has 11 heterocycles. The van der Waals surface area contributed by atoms with E-state index in [1.165, 1.54) is 44.4 Å². The maximum absolute atomic E-state index is 14.7. The van der Waals surface area contributed by atoms with E-state index in [1.807, 2.05) is 75.7 Å². The van der Waals surface area contributed by atoms with E-state index in [2.05, 4.69) is 68.7 Å². The highest BCUT2D eigenvalue weighted by Crippen LogP contribution is 2.38. The summed E-state index contributed by atoms with van der Waals surface area (Å²) in [6, 6.07) is 7.32. The first-order valence-electron chi connectivity index (χ1n) is 47.3. The number of amides is 4. The number of aromatic nitrogens is 10. The van der Waals surface area contributed by atoms with Gasteiger partial charge >= 0.3 is 12.1 Å². The number of hydrogen-bond acceptors (Lipinski definition) is 34. The molecule has 40 nitrogen and oxygen atoms in total. The van der Waals surface area contributed by atoms with Crippen LogP contribution in [0.4, 0.5) is 28.3 Å². The number of rotatable bonds is 30. The van der Waals surface area contributed by atoms with Gasteiger partial charge in [0.1, 0.15) is 65.5 Å². The van der Waals surface area contributed by atoms with Crippen LogP contribution < -0.4 is 37.6 Å². The Bertz CT molecular complexity index is 5420. The number of allylic oxidation sites excluding steroid dienone is 6. The molecule has 3 saturated heterocycles. The summed E-state index contributed by atoms with van der Waals surface area (Å²) in [4.78, 5) is 152. The second kappa shape index (κ2) is 49.2. The summed E-state index contributed by atoms with van der Waals surface area (Å²) in [5.41, 5.74) is 27.2. The van der Waals surface area contributed by atoms with Crippen LogP contribution in [-0.2, 0) is 97.5 Å². The highest BCUT2D eigenvalue weighted by Gasteiger charge is 2.50. The molecule has 137 heavy (non-hydrogen) atoms. The number of methoxy groups -OCH3 is 2. The summed E-state index contributed by atoms with van der Waals surface area (Å²) in [7, 11) is 3.04. The van der Waals surface area contributed by atoms with Gasteiger partial charge in [-0.05, 0) is 136 Å². The Labute approximate surface area is 795 Å². The molecule has 40 heteroatoms. The molecular formula is C97H131N19O21. The van der Waals surface area contributed by atoms with Crippen molar-refractivity contribution < 1.29 is 101 Å². The number of pyridine rings is 1. The molecule has 1 unspecified atom stereocenters. The Morgan fingerprint density at radius 1 is 0.723 bits per heavy atom. The number of H-pyrrole nitrogens is 1. The summed E-state index contributed by atoms with van der Waals surface area (Å²) in [5.74, 6) is -7.44. The SMILES string of the molecule is CO[C@H]1C[C@@H]2CCC[C@@](O)(O2)C(=O)C(=O)N2CCCC[C@H]2C(=O)O[C@H]([C@H](N)C[C@@H]2CC[C@@H](OC(=O)NCc3cnc(N4CCN(c5ncc(C(=O)NCCOCCOCCOCCOCCC(=O)N6CCc7cc(Cn8nc(-c9cnc%10[nH]c(N)cc%10c9)c9c(N)ncnc98)ccc7C6)cn5)CC4CO)nc3)[C@H](OC)C2)CC(=O)[C@H](C)/C=C(\C)[C@@H](O)[C@@H](O)C(=O)[C@H](C)C[C@H](C)/C=C/C=C/C=C/1C. The molecule has 2 bridgehead atoms. The molecule has 0 spiro atoms. The highest BCUT2D eigenvalue weighted by atomic mass is 16.6. The van der Waals surface area contributed by atoms with E-state index in [0.717, 1.165) is 32.5 Å². The van der Waals surface area contributed by atoms with Gasteiger partial charge in [-0.2, -0.15) is 5.10 Å². The number of benzene rings is 1. The van der Waals surface area contributed by atoms with Gasteiger partial charge in [0.2, 0.25) is 23.6 Å². The van der Waals surface area contributed by atoms with Gasteiger partial charge in [-0.15, -0.1) is 0 Å². The van der Waals surface area contributed by atoms with Crippen LogP contribution in [0.3, 0.4) is 0 Å². The number of nitrogens with zero attached hydrogens (tertiary/aromatic N) is 13. The van der Waals surface area contributed by atoms with Crippen LogP contribution in [0.5, 0.6) is 0 Å². The third-order valence-corrected chi connectivity index (χ3v) is 26.4. The second-order valence-electron chi connectivity index (χ2n) is 36.4. The lowest BCUT2D eigenvalue weighted by Gasteiger charge is -2.40. The number of aliphatic hydroxyl groups excluding tert-OH is 3. The first-order valence-corrected chi connectivity index (χ1v) is 47.3. The lowest BCUT2D eigenvalue weighted by Crippen LogP contribution is -2.58. The molecule has 15 atom stereocenters. The van der Waals surface area contributed by atoms with Crippen LogP contribution in [0, 0.1) is 23.7 Å². The quantitative estimate of drug-likeness (QED) is 0.0109. The van der Waals surface area contributed by atoms with Gasteiger partial charge in [-0.25, -0.2) is 49.2 Å². The molecule has 7 aromatic rings. The normalized spacial score (nSPS) is 26.5. The topological polar surface area (TPSA) is 539 Å². The van der Waals surface area contributed by atoms with Gasteiger partial charge in [0, 0.05) is 151 Å². The zero-order chi connectivity index (χ0) is 97.4. The number of hydrogen-bond donors (Lipinski definition) is 10. The third kappa shape index (κ3) is 27.3. The van der Waals surface area contributed by atoms with E-state index in [-0.39, 0.29) is 106 Å². The fraction of sp³-hybridized carbons (Fsp3) is 0.567. The van der Waals surface area contributed by atoms with Crippen LogP contribution in [-0.4, -0.2) is 307 Å². The summed E-state index contributed by atoms with van der Waals surface area (Å²) < 4.78 is 54.5. The van der Waals surface area contributed by atoms with Crippen LogP contribution in [0.1, 0.15) is 157 Å². The predicted octanol–water partition coefficient (Wildman–Crippen LogP) is 5.84. The fourth-order valence-corrected chi connectivity index (χ4v) is 18.6. The number of anilines is 4. The minimum absolute atomic E-state index is 0.00920. The van der Waals surface area contributed by atoms with Gasteiger partial charge in [-0.3, -0.25) is 28.8 Å². The average Bonchev–Trinajstić information content (AvgIpc) is 1.63. The number of carbonyl (C=O) groups is 8. The fourth-order valence-electron chi connectivity index (χ4n) is 18.6. The van der Waals surface area contributed by atoms with Crippen molar-refractivity contribution in [1.29, 1.82) is 0 Å². The molecule has 6 aromatic heterocycles. The number of carbonyl (C=O) groups excluding carboxylic acids is 8. The number of nitrogens with one attached hydrogen (secondary N) is 3. The summed E-state index contributed by atoms with van der Waals surface area (Å²) in [6.07, 6.45) is 16.2. The van der Waals surface area contributed by atoms with Gasteiger partial charge in [-0.1, -0.05) is 75.4 Å². The molecule has 5 aliphatic heterocycles. The van der Waals surface area contributed by atoms with E-state index in [0.29, 0.717) is 188 Å². The Morgan fingerprint density at radius 3 is 2.21 bits per heavy atom. The lowest BCUT2D eigenvalue weighted by atomic mass is 9.80. The van der Waals surface area contributed by atoms with E-state index in [4.69, 9.17) is 64.9 Å². The maximum Gasteiger partial charge on any atom is 0.407 e. The van der Waals surface area contributed by atoms with E-state index >= 15 is 0 Å². The van der Waals surface area contributed by atoms with Crippen LogP contribution in [0.25, 0.3) is 33.3 Å². The van der Waals surface area contributed by atoms with E-state index in [9.17, 15) is 58.8 Å². The molecular weight excluding hydrogens is 1770 g/mol. The number of piperazine rings is 1. The Kier molecular flexibility index (Phi) is 36.9. The first kappa shape index (κ1) is 103. The van der Waals surface area contributed by atoms with Crippen molar-refractivity contribution in [2.45, 2.75) is 217 Å². The van der Waals surface area contributed by atoms with Gasteiger partial charge < -0.3 is 115 Å². The number of nitrogen functional groups attached to an aromatic ring is 2. The van der Waals surface area contributed by atoms with Crippen molar-refractivity contribution >= 4 is 92.7 Å². The molecule has 4 fully saturated rings. The van der Waals surface area contributed by atoms with Gasteiger partial charge in [0.05, 0.1) is 108 Å². The van der Waals surface area contributed by atoms with E-state index in [1.54, 1.807) is 39.5 Å². The number of aromatic amines is 1. The van der Waals surface area contributed by atoms with Crippen molar-refractivity contribution in [2.24, 2.45) is 29.4 Å². The zero-order valence-electron chi connectivity index (χ0n) is 79.0. The molecule has 0 radical (unpaired) electrons. The number of aliphatic hydroxyl groups is 4. The highest BCUT2D eigenvalue weighted by molar-refractivity contribution is 6.39. The van der Waals surface area contributed by atoms with Crippen molar-refractivity contribution in [3.63, 3.8) is 0 Å². The number of cyclic esters (lactones) is 1. The minimum Gasteiger partial charge on any atom is -0.459 e. The van der Waals surface area contributed by atoms with Gasteiger partial charge in [0.15, 0.2) is 11.4 Å². The molecule has 1 saturated carbocycles. The number of esters is 1. The third-order valence-electron chi connectivity index (χ3n) is 26.4. The first-order chi connectivity index (χ1) is 66.0. The minimum atomic E-state index is -2.49. The summed E-state index contributed by atoms with van der Waals surface area (Å²) >= 11 is 0. The summed E-state index contributed by atoms with van der Waals surface area (Å²) in [5, 5.41) is 57.1. The smallest absolute Gasteiger partial charge is 0.407 e. The predicted molar refractivity (Wildman–Crippen MR) is 504 cm³/mol. The van der Waals surface area contributed by atoms with Crippen LogP contribution >= 0.6 is 0 Å². The molecule has 1 aromatic carbocycles. The van der Waals surface area contributed by atoms with Crippen molar-refractivity contribution in [3.05, 3.63) is 143 Å². The van der Waals surface area contributed by atoms with Crippen molar-refractivity contribution in [2.75, 3.05) is 134 Å². The van der Waals surface area contributed by atoms with Crippen molar-refractivity contribution in [3.8, 4) is 11.3 Å². The molecule has 6 aliphatic rings. The lowest BCUT2D eigenvalue weighted by molar-refractivity contribution is -0.245. The van der Waals surface area contributed by atoms with Crippen LogP contribution in [0.15, 0.2) is 115 Å². The molecule has 740 valence electrons. The summed E-state index contributed by atoms with van der Waals surface area (Å²) in [6.45, 7) is 13.8. The number of ketones is 3. The largest absolute Gasteiger partial charge is 0.459 e. The monoisotopic (exact) mass is 1900 g/mol. The Balaban J connectivity index is 0.497. The molecule has 13 rings (SSSR count). The molecule has 4 amide bonds. The maximum atomic E-state index is 14.7. The zero-order valence-corrected chi connectivity index (χ0v) is 79.0. The number of piperidine rings is 1. The standard InChI is InChI=1S/C97H131N19O21/c1-58-14-9-8-10-15-59(2)77(129-6)45-72-16-13-24-97(128,137-72)87(123)92(125)115-26-12-11-17-74(115)93(126)135-78(46-75(118)60(3)39-62(5)85(121)86(122)84(120)61(4)38-58)73(98)41-63-19-21-76(79(42-63)130-7)136-96(127)107-49-65-47-103-95(104-48-65)114-29-28-113(55-71(114)56-117)94-105-51-70(52-106-94)91(124)101-25-31-132-33-35-134-37-36-133-34-32-131-30-23-81(119)112-27-22-66-40-64(18-20-67(66)54-112)53-116-90-82(88(100)108-57-109-90)83(111-116)69-43-68-44-80(99)110-89(68)102-50-69/h8-10,14-15,18,20,39-40,43-44,47-48,50-52,57-58,60-61,63,71-74,76-79,85-86,117,121-122,128H,11-13,16-17,19,21-38,41-42,45-46,49,53-56,98-99H2,1-7H3,(H,101,124)(H,102,110)(H,107,127)(H2,100,108,109)/b10-8+,14-9+,59-15+,62-39+/t58-,60-,61-,63+,71?,72+,73-,74+,76-,77+,78+,79-,85-,86+,97-/m1/s1. The average molecular weight is 1900 g/mol.